The quantitative estimate of drug-likeness (QED) is 0.181. The molecule has 0 N–H and O–H groups in total. The lowest BCUT2D eigenvalue weighted by atomic mass is 9.97. The molecule has 1 fully saturated rings. The SMILES string of the molecule is CCO/C=C(\C(=O)c1ccc(Cl)c(Cl)c1N(CC)C(=O)OCC)C(=O)C1CC1. The molecular weight excluding hydrogens is 405 g/mol. The summed E-state index contributed by atoms with van der Waals surface area (Å²) in [6.45, 7) is 5.81. The number of anilines is 1. The Balaban J connectivity index is 2.56. The first-order valence-corrected chi connectivity index (χ1v) is 9.95. The van der Waals surface area contributed by atoms with Gasteiger partial charge < -0.3 is 9.47 Å². The van der Waals surface area contributed by atoms with Gasteiger partial charge in [-0.05, 0) is 45.7 Å². The molecule has 1 aromatic rings. The summed E-state index contributed by atoms with van der Waals surface area (Å²) in [5.74, 6) is -1.01. The van der Waals surface area contributed by atoms with Gasteiger partial charge >= 0.3 is 6.09 Å². The van der Waals surface area contributed by atoms with E-state index in [-0.39, 0.29) is 51.7 Å². The molecule has 0 bridgehead atoms. The van der Waals surface area contributed by atoms with Crippen LogP contribution < -0.4 is 4.90 Å². The highest BCUT2D eigenvalue weighted by atomic mass is 35.5. The number of halogens is 2. The van der Waals surface area contributed by atoms with Gasteiger partial charge in [0.1, 0.15) is 5.57 Å². The van der Waals surface area contributed by atoms with Crippen LogP contribution in [0.4, 0.5) is 10.5 Å². The molecule has 1 aliphatic rings. The lowest BCUT2D eigenvalue weighted by Crippen LogP contribution is -2.33. The second-order valence-electron chi connectivity index (χ2n) is 6.16. The van der Waals surface area contributed by atoms with Crippen molar-refractivity contribution in [1.29, 1.82) is 0 Å². The predicted molar refractivity (Wildman–Crippen MR) is 108 cm³/mol. The van der Waals surface area contributed by atoms with Crippen molar-refractivity contribution in [3.63, 3.8) is 0 Å². The van der Waals surface area contributed by atoms with Gasteiger partial charge in [0, 0.05) is 18.0 Å². The van der Waals surface area contributed by atoms with E-state index in [1.54, 1.807) is 20.8 Å². The minimum atomic E-state index is -0.660. The number of ether oxygens (including phenoxy) is 2. The molecule has 6 nitrogen and oxygen atoms in total. The molecule has 0 aromatic heterocycles. The fourth-order valence-electron chi connectivity index (χ4n) is 2.67. The Morgan fingerprint density at radius 2 is 1.82 bits per heavy atom. The molecule has 0 saturated heterocycles. The Kier molecular flexibility index (Phi) is 7.89. The zero-order chi connectivity index (χ0) is 20.8. The number of amides is 1. The first-order valence-electron chi connectivity index (χ1n) is 9.20. The molecule has 0 heterocycles. The molecule has 1 saturated carbocycles. The first-order chi connectivity index (χ1) is 13.4. The van der Waals surface area contributed by atoms with Crippen LogP contribution in [0, 0.1) is 5.92 Å². The Morgan fingerprint density at radius 1 is 1.14 bits per heavy atom. The summed E-state index contributed by atoms with van der Waals surface area (Å²) in [6.07, 6.45) is 2.02. The van der Waals surface area contributed by atoms with Crippen molar-refractivity contribution in [1.82, 2.24) is 0 Å². The van der Waals surface area contributed by atoms with Crippen LogP contribution in [-0.2, 0) is 14.3 Å². The molecule has 0 atom stereocenters. The third kappa shape index (κ3) is 4.86. The number of carbonyl (C=O) groups excluding carboxylic acids is 3. The summed E-state index contributed by atoms with van der Waals surface area (Å²) in [7, 11) is 0. The summed E-state index contributed by atoms with van der Waals surface area (Å²) in [5, 5.41) is 0.219. The second-order valence-corrected chi connectivity index (χ2v) is 6.94. The van der Waals surface area contributed by atoms with E-state index in [1.807, 2.05) is 0 Å². The minimum absolute atomic E-state index is 0.0389. The lowest BCUT2D eigenvalue weighted by Gasteiger charge is -2.24. The number of Topliss-reactive ketones (excluding diaryl/α,β-unsaturated/α-hetero) is 2. The highest BCUT2D eigenvalue weighted by Gasteiger charge is 2.37. The highest BCUT2D eigenvalue weighted by Crippen LogP contribution is 2.39. The van der Waals surface area contributed by atoms with E-state index >= 15 is 0 Å². The van der Waals surface area contributed by atoms with Gasteiger partial charge in [-0.1, -0.05) is 23.2 Å². The van der Waals surface area contributed by atoms with Crippen LogP contribution in [0.3, 0.4) is 0 Å². The van der Waals surface area contributed by atoms with E-state index in [0.29, 0.717) is 6.61 Å². The third-order valence-electron chi connectivity index (χ3n) is 4.21. The molecule has 8 heteroatoms. The van der Waals surface area contributed by atoms with Gasteiger partial charge in [0.25, 0.3) is 0 Å². The van der Waals surface area contributed by atoms with Crippen molar-refractivity contribution in [2.45, 2.75) is 33.6 Å². The van der Waals surface area contributed by atoms with Crippen molar-refractivity contribution in [3.8, 4) is 0 Å². The van der Waals surface area contributed by atoms with Gasteiger partial charge in [0.15, 0.2) is 5.78 Å². The minimum Gasteiger partial charge on any atom is -0.501 e. The normalized spacial score (nSPS) is 13.8. The average molecular weight is 428 g/mol. The fraction of sp³-hybridized carbons (Fsp3) is 0.450. The number of carbonyl (C=O) groups is 3. The van der Waals surface area contributed by atoms with Crippen LogP contribution in [0.25, 0.3) is 0 Å². The van der Waals surface area contributed by atoms with Gasteiger partial charge in [0.05, 0.1) is 35.2 Å². The number of benzene rings is 1. The van der Waals surface area contributed by atoms with Gasteiger partial charge in [-0.15, -0.1) is 0 Å². The Labute approximate surface area is 174 Å². The molecule has 28 heavy (non-hydrogen) atoms. The summed E-state index contributed by atoms with van der Waals surface area (Å²) in [5.41, 5.74) is 0.138. The maximum absolute atomic E-state index is 13.3. The maximum Gasteiger partial charge on any atom is 0.414 e. The monoisotopic (exact) mass is 427 g/mol. The molecular formula is C20H23Cl2NO5. The van der Waals surface area contributed by atoms with Gasteiger partial charge in [-0.3, -0.25) is 14.5 Å². The number of rotatable bonds is 9. The van der Waals surface area contributed by atoms with E-state index < -0.39 is 11.9 Å². The van der Waals surface area contributed by atoms with Gasteiger partial charge in [0.2, 0.25) is 5.78 Å². The van der Waals surface area contributed by atoms with Crippen LogP contribution in [0.2, 0.25) is 10.0 Å². The molecule has 1 amide bonds. The number of hydrogen-bond acceptors (Lipinski definition) is 5. The standard InChI is InChI=1S/C20H23Cl2NO5/c1-4-23(20(26)28-6-3)17-13(9-10-15(21)16(17)22)19(25)14(11-27-5-2)18(24)12-7-8-12/h9-12H,4-8H2,1-3H3/b14-11-. The number of nitrogens with zero attached hydrogens (tertiary/aromatic N) is 1. The smallest absolute Gasteiger partial charge is 0.414 e. The largest absolute Gasteiger partial charge is 0.501 e. The Bertz CT molecular complexity index is 802. The molecule has 0 unspecified atom stereocenters. The molecule has 2 rings (SSSR count). The molecule has 1 aromatic carbocycles. The maximum atomic E-state index is 13.3. The lowest BCUT2D eigenvalue weighted by molar-refractivity contribution is -0.116. The molecule has 0 aliphatic heterocycles. The van der Waals surface area contributed by atoms with Crippen LogP contribution >= 0.6 is 23.2 Å². The average Bonchev–Trinajstić information content (AvgIpc) is 3.51. The van der Waals surface area contributed by atoms with E-state index in [2.05, 4.69) is 0 Å². The Hall–Kier alpha value is -2.05. The molecule has 152 valence electrons. The van der Waals surface area contributed by atoms with Crippen molar-refractivity contribution in [2.24, 2.45) is 5.92 Å². The van der Waals surface area contributed by atoms with Crippen LogP contribution in [-0.4, -0.2) is 37.4 Å². The Morgan fingerprint density at radius 3 is 2.36 bits per heavy atom. The molecule has 0 spiro atoms. The van der Waals surface area contributed by atoms with E-state index in [1.165, 1.54) is 23.3 Å². The van der Waals surface area contributed by atoms with Crippen LogP contribution in [0.15, 0.2) is 24.0 Å². The summed E-state index contributed by atoms with van der Waals surface area (Å²) in [4.78, 5) is 39.5. The van der Waals surface area contributed by atoms with Crippen molar-refractivity contribution in [3.05, 3.63) is 39.6 Å². The second kappa shape index (κ2) is 9.94. The summed E-state index contributed by atoms with van der Waals surface area (Å²) < 4.78 is 10.3. The van der Waals surface area contributed by atoms with E-state index in [0.717, 1.165) is 12.8 Å². The summed E-state index contributed by atoms with van der Waals surface area (Å²) >= 11 is 12.5. The topological polar surface area (TPSA) is 72.9 Å². The zero-order valence-electron chi connectivity index (χ0n) is 16.1. The highest BCUT2D eigenvalue weighted by molar-refractivity contribution is 6.45. The predicted octanol–water partition coefficient (Wildman–Crippen LogP) is 5.06. The fourth-order valence-corrected chi connectivity index (χ4v) is 3.09. The summed E-state index contributed by atoms with van der Waals surface area (Å²) in [6, 6.07) is 2.91. The first kappa shape index (κ1) is 22.2. The zero-order valence-corrected chi connectivity index (χ0v) is 17.6. The van der Waals surface area contributed by atoms with Crippen LogP contribution in [0.1, 0.15) is 44.0 Å². The third-order valence-corrected chi connectivity index (χ3v) is 5.01. The van der Waals surface area contributed by atoms with Crippen molar-refractivity contribution >= 4 is 46.5 Å². The van der Waals surface area contributed by atoms with E-state index in [9.17, 15) is 14.4 Å². The molecule has 1 aliphatic carbocycles. The van der Waals surface area contributed by atoms with Crippen molar-refractivity contribution < 1.29 is 23.9 Å². The van der Waals surface area contributed by atoms with E-state index in [4.69, 9.17) is 32.7 Å². The number of ketones is 2. The van der Waals surface area contributed by atoms with Crippen LogP contribution in [0.5, 0.6) is 0 Å². The number of allylic oxidation sites excluding steroid dienone is 1. The van der Waals surface area contributed by atoms with Gasteiger partial charge in [-0.2, -0.15) is 0 Å². The van der Waals surface area contributed by atoms with Gasteiger partial charge in [-0.25, -0.2) is 4.79 Å². The molecule has 0 radical (unpaired) electrons. The van der Waals surface area contributed by atoms with Crippen molar-refractivity contribution in [2.75, 3.05) is 24.7 Å². The number of hydrogen-bond donors (Lipinski definition) is 0.